The third-order valence-corrected chi connectivity index (χ3v) is 6.08. The lowest BCUT2D eigenvalue weighted by molar-refractivity contribution is -0.114. The summed E-state index contributed by atoms with van der Waals surface area (Å²) >= 11 is 2.57. The van der Waals surface area contributed by atoms with Crippen LogP contribution in [-0.2, 0) is 9.59 Å². The topological polar surface area (TPSA) is 104 Å². The molecule has 7 nitrogen and oxygen atoms in total. The molecule has 31 heavy (non-hydrogen) atoms. The number of aromatic nitrogens is 2. The number of hydrogen-bond donors (Lipinski definition) is 3. The second-order valence-corrected chi connectivity index (χ2v) is 8.48. The van der Waals surface area contributed by atoms with E-state index < -0.39 is 0 Å². The minimum Gasteiger partial charge on any atom is -0.326 e. The van der Waals surface area contributed by atoms with Crippen molar-refractivity contribution in [3.8, 4) is 11.1 Å². The van der Waals surface area contributed by atoms with E-state index in [4.69, 9.17) is 0 Å². The van der Waals surface area contributed by atoms with Crippen LogP contribution >= 0.6 is 23.1 Å². The van der Waals surface area contributed by atoms with E-state index in [2.05, 4.69) is 20.6 Å². The summed E-state index contributed by atoms with van der Waals surface area (Å²) in [4.78, 5) is 43.9. The number of rotatable bonds is 6. The number of nitrogens with zero attached hydrogens (tertiary/aromatic N) is 1. The van der Waals surface area contributed by atoms with E-state index in [1.807, 2.05) is 35.7 Å². The highest BCUT2D eigenvalue weighted by Gasteiger charge is 2.14. The molecule has 2 heterocycles. The van der Waals surface area contributed by atoms with Gasteiger partial charge in [-0.1, -0.05) is 42.1 Å². The molecule has 0 fully saturated rings. The van der Waals surface area contributed by atoms with Crippen LogP contribution in [0.25, 0.3) is 21.3 Å². The van der Waals surface area contributed by atoms with Crippen molar-refractivity contribution in [2.45, 2.75) is 12.1 Å². The molecule has 0 unspecified atom stereocenters. The minimum absolute atomic E-state index is 0.0960. The molecule has 4 rings (SSSR count). The van der Waals surface area contributed by atoms with Crippen molar-refractivity contribution < 1.29 is 9.59 Å². The maximum Gasteiger partial charge on any atom is 0.260 e. The summed E-state index contributed by atoms with van der Waals surface area (Å²) in [6.07, 6.45) is 0. The van der Waals surface area contributed by atoms with Gasteiger partial charge in [-0.05, 0) is 29.8 Å². The highest BCUT2D eigenvalue weighted by Crippen LogP contribution is 2.31. The summed E-state index contributed by atoms with van der Waals surface area (Å²) in [5.74, 6) is -0.289. The highest BCUT2D eigenvalue weighted by molar-refractivity contribution is 7.99. The van der Waals surface area contributed by atoms with Crippen LogP contribution in [0.4, 0.5) is 11.4 Å². The van der Waals surface area contributed by atoms with Gasteiger partial charge >= 0.3 is 0 Å². The van der Waals surface area contributed by atoms with Gasteiger partial charge in [-0.15, -0.1) is 11.3 Å². The van der Waals surface area contributed by atoms with Crippen LogP contribution in [0, 0.1) is 0 Å². The fourth-order valence-electron chi connectivity index (χ4n) is 3.00. The van der Waals surface area contributed by atoms with E-state index in [-0.39, 0.29) is 23.1 Å². The molecule has 2 amide bonds. The summed E-state index contributed by atoms with van der Waals surface area (Å²) in [5.41, 5.74) is 2.86. The monoisotopic (exact) mass is 450 g/mol. The smallest absolute Gasteiger partial charge is 0.260 e. The lowest BCUT2D eigenvalue weighted by atomic mass is 10.1. The Labute approximate surface area is 185 Å². The number of carbonyl (C=O) groups excluding carboxylic acids is 2. The summed E-state index contributed by atoms with van der Waals surface area (Å²) < 4.78 is 0. The van der Waals surface area contributed by atoms with Crippen LogP contribution in [-0.4, -0.2) is 27.5 Å². The van der Waals surface area contributed by atoms with Crippen molar-refractivity contribution in [1.29, 1.82) is 0 Å². The molecule has 0 saturated carbocycles. The lowest BCUT2D eigenvalue weighted by Gasteiger charge is -2.07. The molecule has 0 aliphatic rings. The van der Waals surface area contributed by atoms with Gasteiger partial charge in [-0.25, -0.2) is 4.98 Å². The molecule has 2 aromatic carbocycles. The van der Waals surface area contributed by atoms with Crippen LogP contribution in [0.15, 0.2) is 69.9 Å². The van der Waals surface area contributed by atoms with Gasteiger partial charge in [-0.2, -0.15) is 0 Å². The van der Waals surface area contributed by atoms with Crippen LogP contribution in [0.5, 0.6) is 0 Å². The van der Waals surface area contributed by atoms with Crippen molar-refractivity contribution in [1.82, 2.24) is 9.97 Å². The Balaban J connectivity index is 1.43. The molecule has 156 valence electrons. The van der Waals surface area contributed by atoms with Crippen LogP contribution in [0.1, 0.15) is 6.92 Å². The first-order valence-corrected chi connectivity index (χ1v) is 11.2. The van der Waals surface area contributed by atoms with Gasteiger partial charge in [0.25, 0.3) is 5.56 Å². The number of anilines is 2. The first-order chi connectivity index (χ1) is 15.0. The first-order valence-electron chi connectivity index (χ1n) is 9.37. The van der Waals surface area contributed by atoms with Gasteiger partial charge in [0.15, 0.2) is 5.16 Å². The number of benzene rings is 2. The quantitative estimate of drug-likeness (QED) is 0.299. The Kier molecular flexibility index (Phi) is 6.15. The van der Waals surface area contributed by atoms with Gasteiger partial charge in [-0.3, -0.25) is 14.4 Å². The molecule has 0 atom stereocenters. The van der Waals surface area contributed by atoms with Gasteiger partial charge in [0.1, 0.15) is 4.83 Å². The fraction of sp³-hybridized carbons (Fsp3) is 0.0909. The van der Waals surface area contributed by atoms with Gasteiger partial charge < -0.3 is 15.6 Å². The van der Waals surface area contributed by atoms with Crippen molar-refractivity contribution in [2.75, 3.05) is 16.4 Å². The SMILES string of the molecule is CC(=O)Nc1ccc(NC(=O)CSc2nc3scc(-c4ccccc4)c3c(=O)[nH]2)cc1. The van der Waals surface area contributed by atoms with Gasteiger partial charge in [0.2, 0.25) is 11.8 Å². The second kappa shape index (κ2) is 9.15. The molecule has 0 aliphatic carbocycles. The number of carbonyl (C=O) groups is 2. The van der Waals surface area contributed by atoms with Crippen molar-refractivity contribution in [2.24, 2.45) is 0 Å². The maximum atomic E-state index is 12.7. The molecule has 4 aromatic rings. The standard InChI is InChI=1S/C22H18N4O3S2/c1-13(27)23-15-7-9-16(10-8-15)24-18(28)12-31-22-25-20(29)19-17(11-30-21(19)26-22)14-5-3-2-4-6-14/h2-11H,12H2,1H3,(H,23,27)(H,24,28)(H,25,26,29). The van der Waals surface area contributed by atoms with Crippen molar-refractivity contribution >= 4 is 56.5 Å². The van der Waals surface area contributed by atoms with E-state index in [1.54, 1.807) is 24.3 Å². The summed E-state index contributed by atoms with van der Waals surface area (Å²) in [5, 5.41) is 8.33. The van der Waals surface area contributed by atoms with Crippen LogP contribution in [0.2, 0.25) is 0 Å². The van der Waals surface area contributed by atoms with Crippen molar-refractivity contribution in [3.63, 3.8) is 0 Å². The molecular formula is C22H18N4O3S2. The fourth-order valence-corrected chi connectivity index (χ4v) is 4.67. The average Bonchev–Trinajstić information content (AvgIpc) is 3.19. The number of thioether (sulfide) groups is 1. The summed E-state index contributed by atoms with van der Waals surface area (Å²) in [6, 6.07) is 16.5. The molecule has 0 saturated heterocycles. The third-order valence-electron chi connectivity index (χ3n) is 4.34. The normalized spacial score (nSPS) is 10.7. The number of amides is 2. The largest absolute Gasteiger partial charge is 0.326 e. The number of hydrogen-bond acceptors (Lipinski definition) is 6. The Morgan fingerprint density at radius 2 is 1.71 bits per heavy atom. The van der Waals surface area contributed by atoms with Crippen LogP contribution in [0.3, 0.4) is 0 Å². The Bertz CT molecular complexity index is 1300. The number of H-pyrrole nitrogens is 1. The average molecular weight is 451 g/mol. The summed E-state index contributed by atoms with van der Waals surface area (Å²) in [6.45, 7) is 1.43. The number of thiophene rings is 1. The Morgan fingerprint density at radius 1 is 1.03 bits per heavy atom. The highest BCUT2D eigenvalue weighted by atomic mass is 32.2. The molecule has 2 aromatic heterocycles. The zero-order valence-corrected chi connectivity index (χ0v) is 18.1. The number of fused-ring (bicyclic) bond motifs is 1. The lowest BCUT2D eigenvalue weighted by Crippen LogP contribution is -2.15. The minimum atomic E-state index is -0.226. The zero-order valence-electron chi connectivity index (χ0n) is 16.5. The van der Waals surface area contributed by atoms with E-state index in [0.717, 1.165) is 22.9 Å². The molecule has 0 bridgehead atoms. The Hall–Kier alpha value is -3.43. The van der Waals surface area contributed by atoms with E-state index in [1.165, 1.54) is 18.3 Å². The van der Waals surface area contributed by atoms with Gasteiger partial charge in [0.05, 0.1) is 11.1 Å². The third kappa shape index (κ3) is 5.01. The first kappa shape index (κ1) is 20.8. The molecular weight excluding hydrogens is 432 g/mol. The predicted molar refractivity (Wildman–Crippen MR) is 126 cm³/mol. The molecule has 0 spiro atoms. The molecule has 9 heteroatoms. The summed E-state index contributed by atoms with van der Waals surface area (Å²) in [7, 11) is 0. The van der Waals surface area contributed by atoms with Crippen LogP contribution < -0.4 is 16.2 Å². The van der Waals surface area contributed by atoms with E-state index in [0.29, 0.717) is 26.7 Å². The zero-order chi connectivity index (χ0) is 21.8. The number of nitrogens with one attached hydrogen (secondary N) is 3. The number of aromatic amines is 1. The van der Waals surface area contributed by atoms with E-state index in [9.17, 15) is 14.4 Å². The molecule has 0 radical (unpaired) electrons. The van der Waals surface area contributed by atoms with Crippen molar-refractivity contribution in [3.05, 3.63) is 70.3 Å². The molecule has 3 N–H and O–H groups in total. The molecule has 0 aliphatic heterocycles. The second-order valence-electron chi connectivity index (χ2n) is 6.66. The predicted octanol–water partition coefficient (Wildman–Crippen LogP) is 4.34. The maximum absolute atomic E-state index is 12.7. The van der Waals surface area contributed by atoms with E-state index >= 15 is 0 Å². The Morgan fingerprint density at radius 3 is 2.39 bits per heavy atom. The van der Waals surface area contributed by atoms with Gasteiger partial charge in [0, 0.05) is 29.2 Å².